The number of carbonyl (C=O) groups is 1. The molecule has 1 fully saturated rings. The number of nitrogens with zero attached hydrogens (tertiary/aromatic N) is 1. The van der Waals surface area contributed by atoms with Crippen LogP contribution in [-0.4, -0.2) is 10.9 Å². The van der Waals surface area contributed by atoms with Gasteiger partial charge in [0.2, 0.25) is 5.91 Å². The molecular weight excluding hydrogens is 212 g/mol. The van der Waals surface area contributed by atoms with Crippen LogP contribution >= 0.6 is 0 Å². The van der Waals surface area contributed by atoms with Gasteiger partial charge in [0, 0.05) is 13.2 Å². The Kier molecular flexibility index (Phi) is 4.27. The summed E-state index contributed by atoms with van der Waals surface area (Å²) in [7, 11) is 0. The third-order valence-electron chi connectivity index (χ3n) is 3.23. The Bertz CT molecular complexity index is 409. The van der Waals surface area contributed by atoms with Crippen molar-refractivity contribution in [1.29, 1.82) is 0 Å². The minimum atomic E-state index is -0.219. The molecule has 1 aliphatic carbocycles. The first kappa shape index (κ1) is 13.7. The molecule has 17 heavy (non-hydrogen) atoms. The highest BCUT2D eigenvalue weighted by Crippen LogP contribution is 2.58. The Hall–Kier alpha value is -1.38. The first-order valence-corrected chi connectivity index (χ1v) is 6.52. The van der Waals surface area contributed by atoms with E-state index < -0.39 is 0 Å². The van der Waals surface area contributed by atoms with Crippen LogP contribution in [0.5, 0.6) is 0 Å². The lowest BCUT2D eigenvalue weighted by molar-refractivity contribution is -0.118. The van der Waals surface area contributed by atoms with Crippen molar-refractivity contribution in [3.63, 3.8) is 0 Å². The van der Waals surface area contributed by atoms with Crippen LogP contribution < -0.4 is 5.32 Å². The van der Waals surface area contributed by atoms with Gasteiger partial charge in [-0.25, -0.2) is 4.98 Å². The molecule has 3 rings (SSSR count). The highest BCUT2D eigenvalue weighted by atomic mass is 16.2. The SMILES string of the molecule is CC.CC.CC1CC12C(=O)Nc1ncccc12.[HH]. The van der Waals surface area contributed by atoms with Gasteiger partial charge in [-0.1, -0.05) is 40.7 Å². The van der Waals surface area contributed by atoms with Crippen molar-refractivity contribution >= 4 is 11.7 Å². The molecule has 0 bridgehead atoms. The smallest absolute Gasteiger partial charge is 0.236 e. The number of hydrogen-bond acceptors (Lipinski definition) is 2. The van der Waals surface area contributed by atoms with Crippen molar-refractivity contribution < 1.29 is 6.22 Å². The lowest BCUT2D eigenvalue weighted by atomic mass is 9.97. The number of hydrogen-bond donors (Lipinski definition) is 1. The molecule has 0 aromatic carbocycles. The summed E-state index contributed by atoms with van der Waals surface area (Å²) in [6, 6.07) is 3.90. The largest absolute Gasteiger partial charge is 0.310 e. The molecule has 0 saturated heterocycles. The van der Waals surface area contributed by atoms with Gasteiger partial charge in [-0.15, -0.1) is 0 Å². The number of amides is 1. The predicted octanol–water partition coefficient (Wildman–Crippen LogP) is 3.61. The van der Waals surface area contributed by atoms with E-state index >= 15 is 0 Å². The van der Waals surface area contributed by atoms with Gasteiger partial charge < -0.3 is 5.32 Å². The minimum Gasteiger partial charge on any atom is -0.310 e. The average Bonchev–Trinajstić information content (AvgIpc) is 2.99. The van der Waals surface area contributed by atoms with E-state index in [4.69, 9.17) is 0 Å². The van der Waals surface area contributed by atoms with Crippen LogP contribution in [0, 0.1) is 5.92 Å². The average molecular weight is 236 g/mol. The first-order chi connectivity index (χ1) is 8.25. The van der Waals surface area contributed by atoms with Crippen LogP contribution in [0.4, 0.5) is 5.82 Å². The van der Waals surface area contributed by atoms with E-state index in [1.54, 1.807) is 6.20 Å². The van der Waals surface area contributed by atoms with E-state index in [1.807, 2.05) is 39.8 Å². The zero-order chi connectivity index (χ0) is 13.1. The van der Waals surface area contributed by atoms with E-state index in [-0.39, 0.29) is 12.7 Å². The molecule has 2 heterocycles. The quantitative estimate of drug-likeness (QED) is 0.747. The number of anilines is 1. The lowest BCUT2D eigenvalue weighted by Gasteiger charge is -2.03. The van der Waals surface area contributed by atoms with Crippen molar-refractivity contribution in [2.45, 2.75) is 46.5 Å². The third-order valence-corrected chi connectivity index (χ3v) is 3.23. The Balaban J connectivity index is 0.000000531. The van der Waals surface area contributed by atoms with Crippen LogP contribution in [0.1, 0.15) is 48.0 Å². The summed E-state index contributed by atoms with van der Waals surface area (Å²) in [5.41, 5.74) is 0.872. The van der Waals surface area contributed by atoms with Gasteiger partial charge in [-0.05, 0) is 18.4 Å². The monoisotopic (exact) mass is 236 g/mol. The summed E-state index contributed by atoms with van der Waals surface area (Å²) in [6.45, 7) is 10.1. The summed E-state index contributed by atoms with van der Waals surface area (Å²) in [4.78, 5) is 15.8. The maximum absolute atomic E-state index is 11.7. The summed E-state index contributed by atoms with van der Waals surface area (Å²) in [5.74, 6) is 1.36. The number of rotatable bonds is 0. The zero-order valence-electron chi connectivity index (χ0n) is 11.4. The number of pyridine rings is 1. The van der Waals surface area contributed by atoms with Crippen LogP contribution in [0.3, 0.4) is 0 Å². The second-order valence-electron chi connectivity index (χ2n) is 3.93. The van der Waals surface area contributed by atoms with Crippen LogP contribution in [-0.2, 0) is 10.2 Å². The number of carbonyl (C=O) groups excluding carboxylic acids is 1. The maximum atomic E-state index is 11.7. The van der Waals surface area contributed by atoms with Gasteiger partial charge in [-0.3, -0.25) is 4.79 Å². The van der Waals surface area contributed by atoms with Crippen LogP contribution in [0.2, 0.25) is 0 Å². The molecule has 1 saturated carbocycles. The first-order valence-electron chi connectivity index (χ1n) is 6.52. The summed E-state index contributed by atoms with van der Waals surface area (Å²) in [5, 5.41) is 2.83. The maximum Gasteiger partial charge on any atom is 0.236 e. The van der Waals surface area contributed by atoms with Crippen LogP contribution in [0.15, 0.2) is 18.3 Å². The van der Waals surface area contributed by atoms with Crippen molar-refractivity contribution in [1.82, 2.24) is 4.98 Å². The molecule has 1 aliphatic heterocycles. The number of nitrogens with one attached hydrogen (secondary N) is 1. The fourth-order valence-corrected chi connectivity index (χ4v) is 2.32. The molecule has 0 radical (unpaired) electrons. The minimum absolute atomic E-state index is 0. The number of aromatic nitrogens is 1. The topological polar surface area (TPSA) is 42.0 Å². The van der Waals surface area contributed by atoms with Crippen molar-refractivity contribution in [2.75, 3.05) is 5.32 Å². The van der Waals surface area contributed by atoms with Gasteiger partial charge in [-0.2, -0.15) is 0 Å². The van der Waals surface area contributed by atoms with Gasteiger partial charge in [0.15, 0.2) is 0 Å². The van der Waals surface area contributed by atoms with Gasteiger partial charge in [0.1, 0.15) is 5.82 Å². The normalized spacial score (nSPS) is 27.1. The zero-order valence-corrected chi connectivity index (χ0v) is 11.4. The molecule has 1 spiro atoms. The molecule has 2 aliphatic rings. The Labute approximate surface area is 105 Å². The van der Waals surface area contributed by atoms with Crippen LogP contribution in [0.25, 0.3) is 0 Å². The highest BCUT2D eigenvalue weighted by Gasteiger charge is 2.62. The predicted molar refractivity (Wildman–Crippen MR) is 73.1 cm³/mol. The molecule has 2 atom stereocenters. The molecule has 2 unspecified atom stereocenters. The Morgan fingerprint density at radius 3 is 2.53 bits per heavy atom. The van der Waals surface area contributed by atoms with E-state index in [1.165, 1.54) is 0 Å². The molecule has 1 aromatic heterocycles. The van der Waals surface area contributed by atoms with E-state index in [2.05, 4.69) is 17.2 Å². The van der Waals surface area contributed by atoms with Crippen molar-refractivity contribution in [2.24, 2.45) is 5.92 Å². The standard InChI is InChI=1S/C10H10N2O.2C2H6.H2/c1-6-5-10(6)7-3-2-4-11-8(7)12-9(10)13;2*1-2;/h2-4,6H,5H2,1H3,(H,11,12,13);2*1-2H3;1H. The highest BCUT2D eigenvalue weighted by molar-refractivity contribution is 6.07. The second kappa shape index (κ2) is 5.30. The summed E-state index contributed by atoms with van der Waals surface area (Å²) in [6.07, 6.45) is 2.68. The summed E-state index contributed by atoms with van der Waals surface area (Å²) < 4.78 is 0. The molecule has 1 aromatic rings. The summed E-state index contributed by atoms with van der Waals surface area (Å²) >= 11 is 0. The van der Waals surface area contributed by atoms with E-state index in [0.717, 1.165) is 17.8 Å². The fourth-order valence-electron chi connectivity index (χ4n) is 2.32. The van der Waals surface area contributed by atoms with E-state index in [0.29, 0.717) is 5.92 Å². The lowest BCUT2D eigenvalue weighted by Crippen LogP contribution is -2.20. The third kappa shape index (κ3) is 1.94. The molecule has 96 valence electrons. The molecular formula is C14H24N2O. The van der Waals surface area contributed by atoms with Crippen molar-refractivity contribution in [3.8, 4) is 0 Å². The molecule has 3 nitrogen and oxygen atoms in total. The molecule has 1 amide bonds. The fraction of sp³-hybridized carbons (Fsp3) is 0.571. The van der Waals surface area contributed by atoms with E-state index in [9.17, 15) is 4.79 Å². The number of fused-ring (bicyclic) bond motifs is 2. The van der Waals surface area contributed by atoms with Gasteiger partial charge >= 0.3 is 0 Å². The molecule has 3 heteroatoms. The van der Waals surface area contributed by atoms with Crippen molar-refractivity contribution in [3.05, 3.63) is 23.9 Å². The van der Waals surface area contributed by atoms with Gasteiger partial charge in [0.05, 0.1) is 5.41 Å². The Morgan fingerprint density at radius 2 is 2.00 bits per heavy atom. The van der Waals surface area contributed by atoms with Gasteiger partial charge in [0.25, 0.3) is 0 Å². The second-order valence-corrected chi connectivity index (χ2v) is 3.93. The Morgan fingerprint density at radius 1 is 1.41 bits per heavy atom. The molecule has 1 N–H and O–H groups in total.